The average molecular weight is 380 g/mol. The van der Waals surface area contributed by atoms with Gasteiger partial charge in [0.25, 0.3) is 11.8 Å². The summed E-state index contributed by atoms with van der Waals surface area (Å²) in [5, 5.41) is 7.30. The average Bonchev–Trinajstić information content (AvgIpc) is 2.61. The van der Waals surface area contributed by atoms with Crippen LogP contribution < -0.4 is 15.5 Å². The predicted octanol–water partition coefficient (Wildman–Crippen LogP) is 2.64. The van der Waals surface area contributed by atoms with Crippen LogP contribution in [-0.4, -0.2) is 31.2 Å². The number of nitrogens with zero attached hydrogens (tertiary/aromatic N) is 1. The topological polar surface area (TPSA) is 79.8 Å². The molecule has 0 fully saturated rings. The maximum absolute atomic E-state index is 11.6. The number of hydrazone groups is 1. The van der Waals surface area contributed by atoms with Crippen molar-refractivity contribution in [1.82, 2.24) is 10.7 Å². The molecule has 2 amide bonds. The van der Waals surface area contributed by atoms with Gasteiger partial charge in [-0.05, 0) is 30.3 Å². The Balaban J connectivity index is 1.68. The third-order valence-electron chi connectivity index (χ3n) is 2.93. The fourth-order valence-corrected chi connectivity index (χ4v) is 2.01. The van der Waals surface area contributed by atoms with Crippen molar-refractivity contribution in [3.05, 3.63) is 64.1 Å². The SMILES string of the molecule is O=C(COc1ccc(Cl)cc1)NCC(=O)N/N=C/c1ccccc1Cl. The number of carbonyl (C=O) groups excluding carboxylic acids is 2. The largest absolute Gasteiger partial charge is 0.484 e. The van der Waals surface area contributed by atoms with Crippen LogP contribution in [0, 0.1) is 0 Å². The van der Waals surface area contributed by atoms with Crippen molar-refractivity contribution in [2.24, 2.45) is 5.10 Å². The van der Waals surface area contributed by atoms with Crippen LogP contribution in [0.15, 0.2) is 53.6 Å². The summed E-state index contributed by atoms with van der Waals surface area (Å²) in [5.41, 5.74) is 2.97. The van der Waals surface area contributed by atoms with Gasteiger partial charge in [0.15, 0.2) is 6.61 Å². The molecule has 8 heteroatoms. The molecule has 6 nitrogen and oxygen atoms in total. The highest BCUT2D eigenvalue weighted by Gasteiger charge is 2.06. The zero-order valence-electron chi connectivity index (χ0n) is 13.0. The molecule has 0 aliphatic rings. The van der Waals surface area contributed by atoms with Gasteiger partial charge in [0.1, 0.15) is 5.75 Å². The smallest absolute Gasteiger partial charge is 0.259 e. The van der Waals surface area contributed by atoms with E-state index in [1.54, 1.807) is 48.5 Å². The maximum Gasteiger partial charge on any atom is 0.259 e. The van der Waals surface area contributed by atoms with E-state index in [2.05, 4.69) is 15.8 Å². The third-order valence-corrected chi connectivity index (χ3v) is 3.52. The van der Waals surface area contributed by atoms with Crippen molar-refractivity contribution in [1.29, 1.82) is 0 Å². The van der Waals surface area contributed by atoms with E-state index in [-0.39, 0.29) is 13.2 Å². The monoisotopic (exact) mass is 379 g/mol. The Morgan fingerprint density at radius 2 is 1.76 bits per heavy atom. The van der Waals surface area contributed by atoms with E-state index < -0.39 is 11.8 Å². The van der Waals surface area contributed by atoms with Gasteiger partial charge in [0.05, 0.1) is 12.8 Å². The highest BCUT2D eigenvalue weighted by atomic mass is 35.5. The summed E-state index contributed by atoms with van der Waals surface area (Å²) in [6, 6.07) is 13.7. The van der Waals surface area contributed by atoms with E-state index in [1.165, 1.54) is 6.21 Å². The van der Waals surface area contributed by atoms with Gasteiger partial charge < -0.3 is 10.1 Å². The van der Waals surface area contributed by atoms with E-state index in [0.29, 0.717) is 21.4 Å². The molecule has 0 aliphatic carbocycles. The van der Waals surface area contributed by atoms with E-state index >= 15 is 0 Å². The first-order valence-corrected chi connectivity index (χ1v) is 8.01. The van der Waals surface area contributed by atoms with Crippen LogP contribution >= 0.6 is 23.2 Å². The fourth-order valence-electron chi connectivity index (χ4n) is 1.70. The first kappa shape index (κ1) is 18.8. The number of rotatable bonds is 7. The van der Waals surface area contributed by atoms with Gasteiger partial charge in [0.2, 0.25) is 0 Å². The van der Waals surface area contributed by atoms with Crippen molar-refractivity contribution in [3.8, 4) is 5.75 Å². The summed E-state index contributed by atoms with van der Waals surface area (Å²) >= 11 is 11.7. The summed E-state index contributed by atoms with van der Waals surface area (Å²) in [7, 11) is 0. The molecule has 0 aromatic heterocycles. The molecule has 2 aromatic rings. The summed E-state index contributed by atoms with van der Waals surface area (Å²) in [6.45, 7) is -0.430. The zero-order valence-corrected chi connectivity index (χ0v) is 14.6. The maximum atomic E-state index is 11.6. The summed E-state index contributed by atoms with van der Waals surface area (Å²) in [6.07, 6.45) is 1.42. The molecule has 0 unspecified atom stereocenters. The first-order valence-electron chi connectivity index (χ1n) is 7.26. The van der Waals surface area contributed by atoms with Crippen LogP contribution in [0.5, 0.6) is 5.75 Å². The Morgan fingerprint density at radius 3 is 2.48 bits per heavy atom. The number of hydrogen-bond acceptors (Lipinski definition) is 4. The van der Waals surface area contributed by atoms with Crippen molar-refractivity contribution in [2.75, 3.05) is 13.2 Å². The lowest BCUT2D eigenvalue weighted by molar-refractivity contribution is -0.127. The van der Waals surface area contributed by atoms with Crippen LogP contribution in [-0.2, 0) is 9.59 Å². The standard InChI is InChI=1S/C17H15Cl2N3O3/c18-13-5-7-14(8-6-13)25-11-17(24)20-10-16(23)22-21-9-12-3-1-2-4-15(12)19/h1-9H,10-11H2,(H,20,24)(H,22,23)/b21-9+. The Labute approximate surface area is 154 Å². The van der Waals surface area contributed by atoms with Crippen molar-refractivity contribution in [3.63, 3.8) is 0 Å². The van der Waals surface area contributed by atoms with Crippen molar-refractivity contribution >= 4 is 41.2 Å². The summed E-state index contributed by atoms with van der Waals surface area (Å²) in [4.78, 5) is 23.2. The first-order chi connectivity index (χ1) is 12.0. The number of amides is 2. The number of nitrogens with one attached hydrogen (secondary N) is 2. The lowest BCUT2D eigenvalue weighted by atomic mass is 10.2. The molecule has 25 heavy (non-hydrogen) atoms. The van der Waals surface area contributed by atoms with Crippen LogP contribution in [0.25, 0.3) is 0 Å². The number of carbonyl (C=O) groups is 2. The van der Waals surface area contributed by atoms with E-state index in [0.717, 1.165) is 0 Å². The lowest BCUT2D eigenvalue weighted by Gasteiger charge is -2.07. The second kappa shape index (κ2) is 9.66. The summed E-state index contributed by atoms with van der Waals surface area (Å²) < 4.78 is 5.26. The van der Waals surface area contributed by atoms with E-state index in [9.17, 15) is 9.59 Å². The molecule has 2 N–H and O–H groups in total. The second-order valence-corrected chi connectivity index (χ2v) is 5.68. The molecular formula is C17H15Cl2N3O3. The van der Waals surface area contributed by atoms with Gasteiger partial charge in [-0.1, -0.05) is 41.4 Å². The number of halogens is 2. The van der Waals surface area contributed by atoms with Crippen LogP contribution in [0.1, 0.15) is 5.56 Å². The molecule has 0 saturated carbocycles. The molecule has 0 atom stereocenters. The van der Waals surface area contributed by atoms with Gasteiger partial charge in [-0.15, -0.1) is 0 Å². The van der Waals surface area contributed by atoms with Crippen molar-refractivity contribution in [2.45, 2.75) is 0 Å². The minimum absolute atomic E-state index is 0.211. The minimum Gasteiger partial charge on any atom is -0.484 e. The van der Waals surface area contributed by atoms with E-state index in [1.807, 2.05) is 0 Å². The fraction of sp³-hybridized carbons (Fsp3) is 0.118. The number of benzene rings is 2. The highest BCUT2D eigenvalue weighted by Crippen LogP contribution is 2.15. The van der Waals surface area contributed by atoms with Gasteiger partial charge in [-0.25, -0.2) is 5.43 Å². The predicted molar refractivity (Wildman–Crippen MR) is 97.1 cm³/mol. The Hall–Kier alpha value is -2.57. The van der Waals surface area contributed by atoms with Crippen molar-refractivity contribution < 1.29 is 14.3 Å². The number of hydrogen-bond donors (Lipinski definition) is 2. The van der Waals surface area contributed by atoms with E-state index in [4.69, 9.17) is 27.9 Å². The molecule has 0 aliphatic heterocycles. The molecule has 0 heterocycles. The summed E-state index contributed by atoms with van der Waals surface area (Å²) in [5.74, 6) is -0.392. The molecule has 0 saturated heterocycles. The minimum atomic E-state index is -0.469. The molecule has 0 radical (unpaired) electrons. The van der Waals surface area contributed by atoms with Gasteiger partial charge in [-0.2, -0.15) is 5.10 Å². The zero-order chi connectivity index (χ0) is 18.1. The molecular weight excluding hydrogens is 365 g/mol. The third kappa shape index (κ3) is 6.82. The Morgan fingerprint density at radius 1 is 1.04 bits per heavy atom. The normalized spacial score (nSPS) is 10.5. The second-order valence-electron chi connectivity index (χ2n) is 4.83. The van der Waals surface area contributed by atoms with Crippen LogP contribution in [0.4, 0.5) is 0 Å². The van der Waals surface area contributed by atoms with Crippen LogP contribution in [0.2, 0.25) is 10.0 Å². The van der Waals surface area contributed by atoms with Gasteiger partial charge in [-0.3, -0.25) is 9.59 Å². The molecule has 0 bridgehead atoms. The molecule has 0 spiro atoms. The number of ether oxygens (including phenoxy) is 1. The Kier molecular flexibility index (Phi) is 7.25. The van der Waals surface area contributed by atoms with Crippen LogP contribution in [0.3, 0.4) is 0 Å². The molecule has 130 valence electrons. The molecule has 2 aromatic carbocycles. The lowest BCUT2D eigenvalue weighted by Crippen LogP contribution is -2.37. The molecule has 2 rings (SSSR count). The van der Waals surface area contributed by atoms with Gasteiger partial charge in [0, 0.05) is 15.6 Å². The Bertz CT molecular complexity index is 764. The quantitative estimate of drug-likeness (QED) is 0.573. The van der Waals surface area contributed by atoms with Gasteiger partial charge >= 0.3 is 0 Å². The highest BCUT2D eigenvalue weighted by molar-refractivity contribution is 6.33.